The monoisotopic (exact) mass is 288 g/mol. The number of aliphatic hydroxyl groups is 1. The van der Waals surface area contributed by atoms with E-state index in [2.05, 4.69) is 10.6 Å². The number of hydrogen-bond acceptors (Lipinski definition) is 3. The van der Waals surface area contributed by atoms with Crippen LogP contribution in [0.1, 0.15) is 18.5 Å². The van der Waals surface area contributed by atoms with E-state index in [0.29, 0.717) is 5.69 Å². The molecule has 4 nitrogen and oxygen atoms in total. The summed E-state index contributed by atoms with van der Waals surface area (Å²) in [4.78, 5) is 11.2. The van der Waals surface area contributed by atoms with E-state index in [0.717, 1.165) is 11.3 Å². The summed E-state index contributed by atoms with van der Waals surface area (Å²) >= 11 is 0. The van der Waals surface area contributed by atoms with Crippen molar-refractivity contribution in [3.05, 3.63) is 59.9 Å². The van der Waals surface area contributed by atoms with Gasteiger partial charge in [-0.2, -0.15) is 0 Å². The van der Waals surface area contributed by atoms with E-state index in [9.17, 15) is 9.18 Å². The molecule has 0 aromatic heterocycles. The van der Waals surface area contributed by atoms with Crippen LogP contribution < -0.4 is 10.6 Å². The van der Waals surface area contributed by atoms with E-state index in [1.807, 2.05) is 19.1 Å². The average Bonchev–Trinajstić information content (AvgIpc) is 2.47. The largest absolute Gasteiger partial charge is 0.387 e. The topological polar surface area (TPSA) is 61.4 Å². The van der Waals surface area contributed by atoms with Gasteiger partial charge < -0.3 is 15.7 Å². The first-order valence-corrected chi connectivity index (χ1v) is 6.61. The van der Waals surface area contributed by atoms with Gasteiger partial charge in [-0.05, 0) is 42.8 Å². The molecule has 0 bridgehead atoms. The van der Waals surface area contributed by atoms with Crippen LogP contribution in [0.2, 0.25) is 0 Å². The maximum Gasteiger partial charge on any atom is 0.250 e. The van der Waals surface area contributed by atoms with Crippen LogP contribution in [0.25, 0.3) is 0 Å². The van der Waals surface area contributed by atoms with E-state index < -0.39 is 12.5 Å². The number of carbonyl (C=O) groups is 1. The molecule has 0 spiro atoms. The Bertz CT molecular complexity index is 631. The summed E-state index contributed by atoms with van der Waals surface area (Å²) in [5.41, 5.74) is 2.22. The number of halogens is 1. The number of amides is 1. The Morgan fingerprint density at radius 1 is 1.19 bits per heavy atom. The second kappa shape index (κ2) is 6.85. The summed E-state index contributed by atoms with van der Waals surface area (Å²) in [7, 11) is 0. The molecule has 0 radical (unpaired) electrons. The summed E-state index contributed by atoms with van der Waals surface area (Å²) < 4.78 is 13.2. The molecule has 2 rings (SSSR count). The SMILES string of the molecule is CC(Nc1cccc(NC(=O)CO)c1)c1cccc(F)c1. The fourth-order valence-electron chi connectivity index (χ4n) is 2.00. The highest BCUT2D eigenvalue weighted by molar-refractivity contribution is 5.91. The molecular formula is C16H17FN2O2. The summed E-state index contributed by atoms with van der Waals surface area (Å²) in [5.74, 6) is -0.740. The molecule has 0 aliphatic rings. The fourth-order valence-corrected chi connectivity index (χ4v) is 2.00. The van der Waals surface area contributed by atoms with Gasteiger partial charge in [-0.3, -0.25) is 4.79 Å². The Morgan fingerprint density at radius 3 is 2.62 bits per heavy atom. The Morgan fingerprint density at radius 2 is 1.90 bits per heavy atom. The van der Waals surface area contributed by atoms with Crippen LogP contribution in [0.5, 0.6) is 0 Å². The van der Waals surface area contributed by atoms with Crippen LogP contribution in [-0.2, 0) is 4.79 Å². The summed E-state index contributed by atoms with van der Waals surface area (Å²) in [5, 5.41) is 14.5. The van der Waals surface area contributed by atoms with Gasteiger partial charge in [0.15, 0.2) is 0 Å². The van der Waals surface area contributed by atoms with Crippen molar-refractivity contribution in [3.8, 4) is 0 Å². The second-order valence-corrected chi connectivity index (χ2v) is 4.71. The van der Waals surface area contributed by atoms with Gasteiger partial charge in [-0.1, -0.05) is 18.2 Å². The van der Waals surface area contributed by atoms with Gasteiger partial charge in [-0.25, -0.2) is 4.39 Å². The zero-order chi connectivity index (χ0) is 15.2. The molecule has 2 aromatic rings. The molecule has 2 aromatic carbocycles. The first-order chi connectivity index (χ1) is 10.1. The van der Waals surface area contributed by atoms with Crippen molar-refractivity contribution < 1.29 is 14.3 Å². The van der Waals surface area contributed by atoms with Crippen LogP contribution in [-0.4, -0.2) is 17.6 Å². The zero-order valence-electron chi connectivity index (χ0n) is 11.6. The molecule has 1 unspecified atom stereocenters. The number of anilines is 2. The van der Waals surface area contributed by atoms with Crippen molar-refractivity contribution in [1.29, 1.82) is 0 Å². The molecule has 0 saturated heterocycles. The minimum atomic E-state index is -0.558. The third-order valence-electron chi connectivity index (χ3n) is 3.02. The Labute approximate surface area is 122 Å². The van der Waals surface area contributed by atoms with Crippen molar-refractivity contribution in [2.24, 2.45) is 0 Å². The van der Waals surface area contributed by atoms with Crippen LogP contribution >= 0.6 is 0 Å². The lowest BCUT2D eigenvalue weighted by atomic mass is 10.1. The third kappa shape index (κ3) is 4.29. The molecule has 0 saturated carbocycles. The van der Waals surface area contributed by atoms with Crippen molar-refractivity contribution in [2.75, 3.05) is 17.2 Å². The number of benzene rings is 2. The van der Waals surface area contributed by atoms with Crippen molar-refractivity contribution >= 4 is 17.3 Å². The molecule has 0 aliphatic carbocycles. The summed E-state index contributed by atoms with van der Waals surface area (Å²) in [6, 6.07) is 13.4. The fraction of sp³-hybridized carbons (Fsp3) is 0.188. The van der Waals surface area contributed by atoms with Crippen LogP contribution in [0.3, 0.4) is 0 Å². The van der Waals surface area contributed by atoms with E-state index in [4.69, 9.17) is 5.11 Å². The van der Waals surface area contributed by atoms with E-state index in [1.54, 1.807) is 24.3 Å². The van der Waals surface area contributed by atoms with Gasteiger partial charge in [0.05, 0.1) is 0 Å². The maximum absolute atomic E-state index is 13.2. The quantitative estimate of drug-likeness (QED) is 0.792. The number of nitrogens with one attached hydrogen (secondary N) is 2. The number of aliphatic hydroxyl groups excluding tert-OH is 1. The molecule has 5 heteroatoms. The van der Waals surface area contributed by atoms with Gasteiger partial charge in [-0.15, -0.1) is 0 Å². The van der Waals surface area contributed by atoms with Crippen LogP contribution in [0.15, 0.2) is 48.5 Å². The van der Waals surface area contributed by atoms with Gasteiger partial charge in [0, 0.05) is 17.4 Å². The minimum Gasteiger partial charge on any atom is -0.387 e. The smallest absolute Gasteiger partial charge is 0.250 e. The minimum absolute atomic E-state index is 0.0792. The average molecular weight is 288 g/mol. The highest BCUT2D eigenvalue weighted by Gasteiger charge is 2.07. The highest BCUT2D eigenvalue weighted by atomic mass is 19.1. The van der Waals surface area contributed by atoms with Gasteiger partial charge in [0.1, 0.15) is 12.4 Å². The maximum atomic E-state index is 13.2. The number of rotatable bonds is 5. The van der Waals surface area contributed by atoms with Crippen molar-refractivity contribution in [2.45, 2.75) is 13.0 Å². The Balaban J connectivity index is 2.08. The standard InChI is InChI=1S/C16H17FN2O2/c1-11(12-4-2-5-13(17)8-12)18-14-6-3-7-15(9-14)19-16(21)10-20/h2-9,11,18,20H,10H2,1H3,(H,19,21). The van der Waals surface area contributed by atoms with Gasteiger partial charge in [0.25, 0.3) is 0 Å². The first-order valence-electron chi connectivity index (χ1n) is 6.61. The lowest BCUT2D eigenvalue weighted by Gasteiger charge is -2.16. The zero-order valence-corrected chi connectivity index (χ0v) is 11.6. The number of carbonyl (C=O) groups excluding carboxylic acids is 1. The van der Waals surface area contributed by atoms with Crippen molar-refractivity contribution in [1.82, 2.24) is 0 Å². The lowest BCUT2D eigenvalue weighted by molar-refractivity contribution is -0.118. The molecule has 110 valence electrons. The van der Waals surface area contributed by atoms with Crippen LogP contribution in [0, 0.1) is 5.82 Å². The molecule has 3 N–H and O–H groups in total. The Hall–Kier alpha value is -2.40. The van der Waals surface area contributed by atoms with E-state index in [1.165, 1.54) is 12.1 Å². The summed E-state index contributed by atoms with van der Waals surface area (Å²) in [6.45, 7) is 1.37. The lowest BCUT2D eigenvalue weighted by Crippen LogP contribution is -2.15. The third-order valence-corrected chi connectivity index (χ3v) is 3.02. The van der Waals surface area contributed by atoms with Crippen molar-refractivity contribution in [3.63, 3.8) is 0 Å². The summed E-state index contributed by atoms with van der Waals surface area (Å²) in [6.07, 6.45) is 0. The molecule has 0 aliphatic heterocycles. The highest BCUT2D eigenvalue weighted by Crippen LogP contribution is 2.22. The molecule has 0 fully saturated rings. The normalized spacial score (nSPS) is 11.8. The molecule has 0 heterocycles. The Kier molecular flexibility index (Phi) is 4.90. The van der Waals surface area contributed by atoms with Gasteiger partial charge in [0.2, 0.25) is 5.91 Å². The number of hydrogen-bond donors (Lipinski definition) is 3. The first kappa shape index (κ1) is 15.0. The van der Waals surface area contributed by atoms with E-state index in [-0.39, 0.29) is 11.9 Å². The van der Waals surface area contributed by atoms with Gasteiger partial charge >= 0.3 is 0 Å². The second-order valence-electron chi connectivity index (χ2n) is 4.71. The molecule has 1 amide bonds. The van der Waals surface area contributed by atoms with E-state index >= 15 is 0 Å². The molecule has 21 heavy (non-hydrogen) atoms. The predicted octanol–water partition coefficient (Wildman–Crippen LogP) is 2.93. The molecule has 1 atom stereocenters. The molecular weight excluding hydrogens is 271 g/mol. The van der Waals surface area contributed by atoms with Crippen LogP contribution in [0.4, 0.5) is 15.8 Å². The predicted molar refractivity (Wildman–Crippen MR) is 80.6 cm³/mol.